The van der Waals surface area contributed by atoms with E-state index in [-0.39, 0.29) is 23.1 Å². The molecule has 0 heterocycles. The Morgan fingerprint density at radius 1 is 1.44 bits per heavy atom. The van der Waals surface area contributed by atoms with Crippen LogP contribution in [-0.4, -0.2) is 5.78 Å². The third-order valence-electron chi connectivity index (χ3n) is 2.73. The Morgan fingerprint density at radius 3 is 2.44 bits per heavy atom. The minimum atomic E-state index is -4.55. The zero-order chi connectivity index (χ0) is 14.1. The Bertz CT molecular complexity index is 471. The fraction of sp³-hybridized carbons (Fsp3) is 0.417. The number of carbonyl (C=O) groups is 1. The molecule has 0 aliphatic rings. The van der Waals surface area contributed by atoms with Crippen LogP contribution in [0.25, 0.3) is 0 Å². The lowest BCUT2D eigenvalue weighted by Crippen LogP contribution is -2.13. The van der Waals surface area contributed by atoms with E-state index in [0.717, 1.165) is 6.07 Å². The van der Waals surface area contributed by atoms with Gasteiger partial charge < -0.3 is 5.73 Å². The molecule has 100 valence electrons. The van der Waals surface area contributed by atoms with Crippen LogP contribution in [0.1, 0.15) is 25.0 Å². The summed E-state index contributed by atoms with van der Waals surface area (Å²) in [6.45, 7) is 3.05. The molecule has 2 N–H and O–H groups in total. The van der Waals surface area contributed by atoms with Gasteiger partial charge in [-0.2, -0.15) is 13.2 Å². The van der Waals surface area contributed by atoms with Crippen LogP contribution in [0.5, 0.6) is 0 Å². The average molecular weight is 280 g/mol. The molecule has 1 atom stereocenters. The second kappa shape index (κ2) is 5.18. The molecule has 0 saturated carbocycles. The SMILES string of the molecule is CC(=O)[C@H](C)Cc1cc(Cl)c(N)c(C(F)(F)F)c1. The van der Waals surface area contributed by atoms with E-state index < -0.39 is 17.4 Å². The highest BCUT2D eigenvalue weighted by molar-refractivity contribution is 6.33. The van der Waals surface area contributed by atoms with E-state index in [4.69, 9.17) is 17.3 Å². The predicted octanol–water partition coefficient (Wildman–Crippen LogP) is 3.71. The lowest BCUT2D eigenvalue weighted by atomic mass is 9.96. The van der Waals surface area contributed by atoms with Gasteiger partial charge in [-0.25, -0.2) is 0 Å². The number of benzene rings is 1. The molecule has 0 saturated heterocycles. The summed E-state index contributed by atoms with van der Waals surface area (Å²) in [4.78, 5) is 11.1. The highest BCUT2D eigenvalue weighted by atomic mass is 35.5. The minimum Gasteiger partial charge on any atom is -0.397 e. The van der Waals surface area contributed by atoms with Gasteiger partial charge in [0.25, 0.3) is 0 Å². The van der Waals surface area contributed by atoms with Crippen molar-refractivity contribution in [3.8, 4) is 0 Å². The molecule has 18 heavy (non-hydrogen) atoms. The quantitative estimate of drug-likeness (QED) is 0.857. The summed E-state index contributed by atoms with van der Waals surface area (Å²) in [6, 6.07) is 2.31. The van der Waals surface area contributed by atoms with E-state index >= 15 is 0 Å². The summed E-state index contributed by atoms with van der Waals surface area (Å²) in [5.41, 5.74) is 4.22. The van der Waals surface area contributed by atoms with Crippen molar-refractivity contribution >= 4 is 23.1 Å². The number of hydrogen-bond acceptors (Lipinski definition) is 2. The monoisotopic (exact) mass is 279 g/mol. The van der Waals surface area contributed by atoms with E-state index in [0.29, 0.717) is 5.56 Å². The first-order valence-electron chi connectivity index (χ1n) is 5.28. The molecule has 0 amide bonds. The Balaban J connectivity index is 3.17. The Hall–Kier alpha value is -1.23. The van der Waals surface area contributed by atoms with Gasteiger partial charge in [0.05, 0.1) is 16.3 Å². The molecule has 0 aliphatic carbocycles. The number of halogens is 4. The third-order valence-corrected chi connectivity index (χ3v) is 3.04. The molecule has 0 spiro atoms. The van der Waals surface area contributed by atoms with Gasteiger partial charge in [-0.3, -0.25) is 4.79 Å². The largest absolute Gasteiger partial charge is 0.418 e. The molecule has 1 rings (SSSR count). The van der Waals surface area contributed by atoms with Crippen LogP contribution in [0.4, 0.5) is 18.9 Å². The van der Waals surface area contributed by atoms with E-state index in [9.17, 15) is 18.0 Å². The second-order valence-electron chi connectivity index (χ2n) is 4.25. The zero-order valence-corrected chi connectivity index (χ0v) is 10.7. The maximum Gasteiger partial charge on any atom is 0.418 e. The summed E-state index contributed by atoms with van der Waals surface area (Å²) >= 11 is 5.68. The van der Waals surface area contributed by atoms with Crippen molar-refractivity contribution in [2.45, 2.75) is 26.4 Å². The molecule has 0 unspecified atom stereocenters. The number of ketones is 1. The lowest BCUT2D eigenvalue weighted by molar-refractivity contribution is -0.137. The number of hydrogen-bond donors (Lipinski definition) is 1. The van der Waals surface area contributed by atoms with Crippen LogP contribution in [-0.2, 0) is 17.4 Å². The molecule has 0 bridgehead atoms. The van der Waals surface area contributed by atoms with Gasteiger partial charge in [0.1, 0.15) is 5.78 Å². The van der Waals surface area contributed by atoms with E-state index in [1.165, 1.54) is 13.0 Å². The normalized spacial score (nSPS) is 13.4. The van der Waals surface area contributed by atoms with Crippen LogP contribution in [0.2, 0.25) is 5.02 Å². The molecule has 0 aliphatic heterocycles. The van der Waals surface area contributed by atoms with Crippen LogP contribution in [0.15, 0.2) is 12.1 Å². The maximum atomic E-state index is 12.7. The standard InChI is InChI=1S/C12H13ClF3NO/c1-6(7(2)18)3-8-4-9(12(14,15)16)11(17)10(13)5-8/h4-6H,3,17H2,1-2H3/t6-/m1/s1. The third kappa shape index (κ3) is 3.38. The van der Waals surface area contributed by atoms with Gasteiger partial charge in [-0.15, -0.1) is 0 Å². The Kier molecular flexibility index (Phi) is 4.27. The van der Waals surface area contributed by atoms with Gasteiger partial charge in [0.2, 0.25) is 0 Å². The number of Topliss-reactive ketones (excluding diaryl/α,β-unsaturated/α-hetero) is 1. The first-order valence-corrected chi connectivity index (χ1v) is 5.66. The predicted molar refractivity (Wildman–Crippen MR) is 64.4 cm³/mol. The second-order valence-corrected chi connectivity index (χ2v) is 4.66. The van der Waals surface area contributed by atoms with Gasteiger partial charge >= 0.3 is 6.18 Å². The average Bonchev–Trinajstić information content (AvgIpc) is 2.21. The van der Waals surface area contributed by atoms with E-state index in [1.807, 2.05) is 0 Å². The maximum absolute atomic E-state index is 12.7. The first kappa shape index (κ1) is 14.8. The zero-order valence-electron chi connectivity index (χ0n) is 9.94. The summed E-state index contributed by atoms with van der Waals surface area (Å²) in [7, 11) is 0. The Labute approximate surface area is 108 Å². The Morgan fingerprint density at radius 2 is 2.00 bits per heavy atom. The molecule has 0 radical (unpaired) electrons. The highest BCUT2D eigenvalue weighted by Gasteiger charge is 2.34. The number of alkyl halides is 3. The highest BCUT2D eigenvalue weighted by Crippen LogP contribution is 2.38. The van der Waals surface area contributed by atoms with Crippen molar-refractivity contribution in [2.75, 3.05) is 5.73 Å². The molecule has 1 aromatic carbocycles. The fourth-order valence-corrected chi connectivity index (χ4v) is 1.77. The molecule has 2 nitrogen and oxygen atoms in total. The topological polar surface area (TPSA) is 43.1 Å². The number of rotatable bonds is 3. The summed E-state index contributed by atoms with van der Waals surface area (Å²) < 4.78 is 38.1. The molecular formula is C12H13ClF3NO. The van der Waals surface area contributed by atoms with Crippen molar-refractivity contribution in [3.05, 3.63) is 28.3 Å². The van der Waals surface area contributed by atoms with Crippen LogP contribution >= 0.6 is 11.6 Å². The lowest BCUT2D eigenvalue weighted by Gasteiger charge is -2.15. The molecule has 1 aromatic rings. The minimum absolute atomic E-state index is 0.0866. The molecule has 0 aromatic heterocycles. The van der Waals surface area contributed by atoms with E-state index in [1.54, 1.807) is 6.92 Å². The van der Waals surface area contributed by atoms with Crippen molar-refractivity contribution in [1.82, 2.24) is 0 Å². The van der Waals surface area contributed by atoms with Gasteiger partial charge in [-0.05, 0) is 31.0 Å². The first-order chi connectivity index (χ1) is 8.12. The number of nitrogen functional groups attached to an aromatic ring is 1. The summed E-state index contributed by atoms with van der Waals surface area (Å²) in [6.07, 6.45) is -4.35. The smallest absolute Gasteiger partial charge is 0.397 e. The van der Waals surface area contributed by atoms with Gasteiger partial charge in [-0.1, -0.05) is 18.5 Å². The molecular weight excluding hydrogens is 267 g/mol. The van der Waals surface area contributed by atoms with Crippen LogP contribution in [0.3, 0.4) is 0 Å². The van der Waals surface area contributed by atoms with Crippen LogP contribution < -0.4 is 5.73 Å². The summed E-state index contributed by atoms with van der Waals surface area (Å²) in [5.74, 6) is -0.442. The van der Waals surface area contributed by atoms with Crippen molar-refractivity contribution in [2.24, 2.45) is 5.92 Å². The number of nitrogens with two attached hydrogens (primary N) is 1. The van der Waals surface area contributed by atoms with Crippen molar-refractivity contribution in [1.29, 1.82) is 0 Å². The fourth-order valence-electron chi connectivity index (χ4n) is 1.52. The number of anilines is 1. The molecule has 6 heteroatoms. The van der Waals surface area contributed by atoms with Crippen LogP contribution in [0, 0.1) is 5.92 Å². The number of carbonyl (C=O) groups excluding carboxylic acids is 1. The van der Waals surface area contributed by atoms with Gasteiger partial charge in [0, 0.05) is 5.92 Å². The van der Waals surface area contributed by atoms with Crippen molar-refractivity contribution in [3.63, 3.8) is 0 Å². The van der Waals surface area contributed by atoms with Gasteiger partial charge in [0.15, 0.2) is 0 Å². The molecule has 0 fully saturated rings. The van der Waals surface area contributed by atoms with Crippen molar-refractivity contribution < 1.29 is 18.0 Å². The van der Waals surface area contributed by atoms with E-state index in [2.05, 4.69) is 0 Å². The summed E-state index contributed by atoms with van der Waals surface area (Å²) in [5, 5.41) is -0.143.